The Kier molecular flexibility index (Phi) is 4.55. The van der Waals surface area contributed by atoms with Crippen LogP contribution in [0, 0.1) is 11.3 Å². The molecule has 0 aliphatic carbocycles. The zero-order chi connectivity index (χ0) is 17.9. The van der Waals surface area contributed by atoms with Gasteiger partial charge in [-0.05, 0) is 24.6 Å². The van der Waals surface area contributed by atoms with Crippen LogP contribution in [0.4, 0.5) is 5.82 Å². The predicted octanol–water partition coefficient (Wildman–Crippen LogP) is 3.82. The summed E-state index contributed by atoms with van der Waals surface area (Å²) < 4.78 is 0. The second kappa shape index (κ2) is 7.15. The van der Waals surface area contributed by atoms with Crippen LogP contribution in [0.5, 0.6) is 0 Å². The van der Waals surface area contributed by atoms with Crippen molar-refractivity contribution in [2.24, 2.45) is 0 Å². The predicted molar refractivity (Wildman–Crippen MR) is 105 cm³/mol. The standard InChI is InChI=1S/C22H22N4/c1-17-15-25(16-18-7-3-2-4-8-18)11-12-26(17)22-13-19(14-23)20-9-5-6-10-21(20)24-22/h2-10,13,17H,11-12,15-16H2,1H3/t17-/m1/s1. The van der Waals surface area contributed by atoms with Crippen molar-refractivity contribution in [1.29, 1.82) is 5.26 Å². The normalized spacial score (nSPS) is 18.0. The van der Waals surface area contributed by atoms with Crippen molar-refractivity contribution in [2.75, 3.05) is 24.5 Å². The largest absolute Gasteiger partial charge is 0.351 e. The number of piperazine rings is 1. The molecule has 1 aliphatic rings. The van der Waals surface area contributed by atoms with Gasteiger partial charge in [-0.2, -0.15) is 5.26 Å². The number of hydrogen-bond acceptors (Lipinski definition) is 4. The summed E-state index contributed by atoms with van der Waals surface area (Å²) in [6, 6.07) is 23.1. The molecule has 1 aliphatic heterocycles. The third-order valence-corrected chi connectivity index (χ3v) is 5.08. The lowest BCUT2D eigenvalue weighted by Crippen LogP contribution is -2.51. The van der Waals surface area contributed by atoms with Crippen LogP contribution >= 0.6 is 0 Å². The minimum absolute atomic E-state index is 0.354. The number of aromatic nitrogens is 1. The van der Waals surface area contributed by atoms with Crippen LogP contribution in [0.25, 0.3) is 10.9 Å². The van der Waals surface area contributed by atoms with Gasteiger partial charge < -0.3 is 4.90 Å². The molecule has 4 rings (SSSR count). The third-order valence-electron chi connectivity index (χ3n) is 5.08. The number of nitriles is 1. The molecule has 130 valence electrons. The molecule has 2 aromatic carbocycles. The topological polar surface area (TPSA) is 43.2 Å². The lowest BCUT2D eigenvalue weighted by atomic mass is 10.1. The van der Waals surface area contributed by atoms with Crippen LogP contribution in [-0.4, -0.2) is 35.6 Å². The smallest absolute Gasteiger partial charge is 0.130 e. The molecule has 0 bridgehead atoms. The molecule has 4 nitrogen and oxygen atoms in total. The first-order chi connectivity index (χ1) is 12.7. The fourth-order valence-corrected chi connectivity index (χ4v) is 3.76. The van der Waals surface area contributed by atoms with Crippen molar-refractivity contribution in [3.05, 3.63) is 71.8 Å². The monoisotopic (exact) mass is 342 g/mol. The summed E-state index contributed by atoms with van der Waals surface area (Å²) in [5.74, 6) is 0.909. The maximum absolute atomic E-state index is 9.53. The minimum Gasteiger partial charge on any atom is -0.351 e. The highest BCUT2D eigenvalue weighted by molar-refractivity contribution is 5.86. The number of anilines is 1. The Hall–Kier alpha value is -2.90. The summed E-state index contributed by atoms with van der Waals surface area (Å²) >= 11 is 0. The average molecular weight is 342 g/mol. The Balaban J connectivity index is 1.55. The number of hydrogen-bond donors (Lipinski definition) is 0. The molecule has 1 fully saturated rings. The van der Waals surface area contributed by atoms with Gasteiger partial charge >= 0.3 is 0 Å². The molecular weight excluding hydrogens is 320 g/mol. The number of para-hydroxylation sites is 1. The Morgan fingerprint density at radius 1 is 1.08 bits per heavy atom. The lowest BCUT2D eigenvalue weighted by Gasteiger charge is -2.40. The number of rotatable bonds is 3. The van der Waals surface area contributed by atoms with Gasteiger partial charge in [0.2, 0.25) is 0 Å². The van der Waals surface area contributed by atoms with Crippen LogP contribution < -0.4 is 4.90 Å². The summed E-state index contributed by atoms with van der Waals surface area (Å²) in [5.41, 5.74) is 2.94. The van der Waals surface area contributed by atoms with E-state index in [4.69, 9.17) is 4.98 Å². The van der Waals surface area contributed by atoms with Crippen molar-refractivity contribution >= 4 is 16.7 Å². The van der Waals surface area contributed by atoms with Gasteiger partial charge in [0.15, 0.2) is 0 Å². The van der Waals surface area contributed by atoms with Crippen LogP contribution in [0.3, 0.4) is 0 Å². The van der Waals surface area contributed by atoms with E-state index in [0.29, 0.717) is 11.6 Å². The summed E-state index contributed by atoms with van der Waals surface area (Å²) in [7, 11) is 0. The maximum atomic E-state index is 9.53. The Labute approximate surface area is 154 Å². The zero-order valence-electron chi connectivity index (χ0n) is 15.0. The van der Waals surface area contributed by atoms with Gasteiger partial charge in [0.25, 0.3) is 0 Å². The van der Waals surface area contributed by atoms with Crippen LogP contribution in [0.2, 0.25) is 0 Å². The third kappa shape index (κ3) is 3.26. The van der Waals surface area contributed by atoms with E-state index in [1.807, 2.05) is 30.3 Å². The molecule has 1 aromatic heterocycles. The second-order valence-electron chi connectivity index (χ2n) is 6.92. The lowest BCUT2D eigenvalue weighted by molar-refractivity contribution is 0.220. The van der Waals surface area contributed by atoms with Crippen LogP contribution in [0.15, 0.2) is 60.7 Å². The van der Waals surface area contributed by atoms with Gasteiger partial charge in [0, 0.05) is 37.6 Å². The SMILES string of the molecule is C[C@@H]1CN(Cc2ccccc2)CCN1c1cc(C#N)c2ccccc2n1. The number of nitrogens with zero attached hydrogens (tertiary/aromatic N) is 4. The molecule has 26 heavy (non-hydrogen) atoms. The highest BCUT2D eigenvalue weighted by Crippen LogP contribution is 2.25. The molecule has 0 amide bonds. The van der Waals surface area contributed by atoms with E-state index >= 15 is 0 Å². The van der Waals surface area contributed by atoms with Crippen molar-refractivity contribution < 1.29 is 0 Å². The zero-order valence-corrected chi connectivity index (χ0v) is 15.0. The van der Waals surface area contributed by atoms with Gasteiger partial charge in [-0.1, -0.05) is 48.5 Å². The molecule has 1 saturated heterocycles. The van der Waals surface area contributed by atoms with Gasteiger partial charge in [0.1, 0.15) is 5.82 Å². The molecule has 0 spiro atoms. The Morgan fingerprint density at radius 3 is 2.62 bits per heavy atom. The minimum atomic E-state index is 0.354. The van der Waals surface area contributed by atoms with E-state index in [1.165, 1.54) is 5.56 Å². The first kappa shape index (κ1) is 16.6. The van der Waals surface area contributed by atoms with Crippen LogP contribution in [0.1, 0.15) is 18.1 Å². The van der Waals surface area contributed by atoms with E-state index < -0.39 is 0 Å². The molecule has 0 N–H and O–H groups in total. The van der Waals surface area contributed by atoms with Crippen molar-refractivity contribution in [3.8, 4) is 6.07 Å². The quantitative estimate of drug-likeness (QED) is 0.726. The highest BCUT2D eigenvalue weighted by Gasteiger charge is 2.25. The highest BCUT2D eigenvalue weighted by atomic mass is 15.3. The fourth-order valence-electron chi connectivity index (χ4n) is 3.76. The Morgan fingerprint density at radius 2 is 1.85 bits per heavy atom. The van der Waals surface area contributed by atoms with E-state index in [0.717, 1.165) is 42.9 Å². The average Bonchev–Trinajstić information content (AvgIpc) is 2.68. The van der Waals surface area contributed by atoms with E-state index in [9.17, 15) is 5.26 Å². The van der Waals surface area contributed by atoms with E-state index in [2.05, 4.69) is 53.1 Å². The molecule has 0 unspecified atom stereocenters. The van der Waals surface area contributed by atoms with Crippen LogP contribution in [-0.2, 0) is 6.54 Å². The maximum Gasteiger partial charge on any atom is 0.130 e. The van der Waals surface area contributed by atoms with E-state index in [-0.39, 0.29) is 0 Å². The fraction of sp³-hybridized carbons (Fsp3) is 0.273. The molecule has 0 saturated carbocycles. The molecule has 3 aromatic rings. The second-order valence-corrected chi connectivity index (χ2v) is 6.92. The Bertz CT molecular complexity index is 945. The number of benzene rings is 2. The van der Waals surface area contributed by atoms with Gasteiger partial charge in [-0.25, -0.2) is 4.98 Å². The summed E-state index contributed by atoms with van der Waals surface area (Å²) in [6.07, 6.45) is 0. The summed E-state index contributed by atoms with van der Waals surface area (Å²) in [4.78, 5) is 9.64. The summed E-state index contributed by atoms with van der Waals surface area (Å²) in [6.45, 7) is 6.12. The summed E-state index contributed by atoms with van der Waals surface area (Å²) in [5, 5.41) is 10.5. The van der Waals surface area contributed by atoms with Gasteiger partial charge in [0.05, 0.1) is 17.1 Å². The first-order valence-electron chi connectivity index (χ1n) is 9.07. The molecule has 2 heterocycles. The number of fused-ring (bicyclic) bond motifs is 1. The van der Waals surface area contributed by atoms with Crippen molar-refractivity contribution in [1.82, 2.24) is 9.88 Å². The first-order valence-corrected chi connectivity index (χ1v) is 9.07. The van der Waals surface area contributed by atoms with E-state index in [1.54, 1.807) is 0 Å². The number of pyridine rings is 1. The molecule has 1 atom stereocenters. The van der Waals surface area contributed by atoms with Crippen molar-refractivity contribution in [3.63, 3.8) is 0 Å². The molecular formula is C22H22N4. The molecule has 4 heteroatoms. The van der Waals surface area contributed by atoms with Gasteiger partial charge in [-0.3, -0.25) is 4.90 Å². The van der Waals surface area contributed by atoms with Crippen molar-refractivity contribution in [2.45, 2.75) is 19.5 Å². The van der Waals surface area contributed by atoms with Gasteiger partial charge in [-0.15, -0.1) is 0 Å². The molecule has 0 radical (unpaired) electrons.